The molecule has 1 aromatic carbocycles. The number of hydrogen-bond donors (Lipinski definition) is 1. The van der Waals surface area contributed by atoms with Crippen molar-refractivity contribution in [2.45, 2.75) is 45.3 Å². The molecule has 0 radical (unpaired) electrons. The number of nitrogens with zero attached hydrogens (tertiary/aromatic N) is 3. The quantitative estimate of drug-likeness (QED) is 0.893. The molecule has 26 heavy (non-hydrogen) atoms. The normalized spacial score (nSPS) is 20.4. The van der Waals surface area contributed by atoms with Gasteiger partial charge in [-0.05, 0) is 57.4 Å². The van der Waals surface area contributed by atoms with Crippen molar-refractivity contribution in [1.29, 1.82) is 0 Å². The molecule has 0 bridgehead atoms. The van der Waals surface area contributed by atoms with Gasteiger partial charge in [0.15, 0.2) is 0 Å². The maximum atomic E-state index is 12.7. The predicted molar refractivity (Wildman–Crippen MR) is 99.4 cm³/mol. The van der Waals surface area contributed by atoms with Crippen LogP contribution in [0.1, 0.15) is 48.8 Å². The topological polar surface area (TPSA) is 67.6 Å². The Hall–Kier alpha value is -2.34. The monoisotopic (exact) mass is 357 g/mol. The Kier molecular flexibility index (Phi) is 5.32. The minimum absolute atomic E-state index is 0.141. The molecule has 3 rings (SSSR count). The lowest BCUT2D eigenvalue weighted by Gasteiger charge is -2.38. The average molecular weight is 357 g/mol. The van der Waals surface area contributed by atoms with Crippen molar-refractivity contribution in [1.82, 2.24) is 14.7 Å². The van der Waals surface area contributed by atoms with Gasteiger partial charge in [0.25, 0.3) is 5.91 Å². The van der Waals surface area contributed by atoms with Gasteiger partial charge in [-0.15, -0.1) is 0 Å². The third-order valence-corrected chi connectivity index (χ3v) is 4.70. The molecule has 0 aliphatic carbocycles. The van der Waals surface area contributed by atoms with Crippen molar-refractivity contribution in [3.63, 3.8) is 0 Å². The summed E-state index contributed by atoms with van der Waals surface area (Å²) in [7, 11) is 0. The average Bonchev–Trinajstić information content (AvgIpc) is 3.10. The maximum absolute atomic E-state index is 12.7. The number of amides is 1. The van der Waals surface area contributed by atoms with E-state index in [1.54, 1.807) is 15.6 Å². The van der Waals surface area contributed by atoms with Crippen molar-refractivity contribution in [2.24, 2.45) is 0 Å². The third-order valence-electron chi connectivity index (χ3n) is 4.70. The van der Waals surface area contributed by atoms with Crippen molar-refractivity contribution < 1.29 is 14.6 Å². The van der Waals surface area contributed by atoms with E-state index in [0.717, 1.165) is 17.7 Å². The minimum atomic E-state index is -1.04. The molecule has 1 aromatic heterocycles. The molecule has 140 valence electrons. The van der Waals surface area contributed by atoms with Gasteiger partial charge in [-0.2, -0.15) is 5.10 Å². The minimum Gasteiger partial charge on any atom is -0.491 e. The SMILES string of the molecule is Cc1cccc(OC[C@@]2(O)CCCN(C(=O)c3ccn(C(C)C)n3)C2)c1. The Morgan fingerprint density at radius 3 is 2.88 bits per heavy atom. The Morgan fingerprint density at radius 2 is 2.19 bits per heavy atom. The number of aryl methyl sites for hydroxylation is 1. The molecule has 1 aliphatic rings. The van der Waals surface area contributed by atoms with Crippen molar-refractivity contribution in [3.05, 3.63) is 47.8 Å². The Bertz CT molecular complexity index is 771. The summed E-state index contributed by atoms with van der Waals surface area (Å²) in [5, 5.41) is 15.3. The second kappa shape index (κ2) is 7.50. The van der Waals surface area contributed by atoms with E-state index in [9.17, 15) is 9.90 Å². The molecule has 1 saturated heterocycles. The van der Waals surface area contributed by atoms with E-state index in [-0.39, 0.29) is 25.1 Å². The maximum Gasteiger partial charge on any atom is 0.274 e. The number of rotatable bonds is 5. The highest BCUT2D eigenvalue weighted by Gasteiger charge is 2.37. The number of carbonyl (C=O) groups excluding carboxylic acids is 1. The van der Waals surface area contributed by atoms with Gasteiger partial charge < -0.3 is 14.7 Å². The fourth-order valence-corrected chi connectivity index (χ4v) is 3.23. The summed E-state index contributed by atoms with van der Waals surface area (Å²) in [6, 6.07) is 9.68. The second-order valence-electron chi connectivity index (χ2n) is 7.43. The number of likely N-dealkylation sites (tertiary alicyclic amines) is 1. The zero-order valence-corrected chi connectivity index (χ0v) is 15.7. The summed E-state index contributed by atoms with van der Waals surface area (Å²) < 4.78 is 7.56. The lowest BCUT2D eigenvalue weighted by molar-refractivity contribution is -0.0533. The number of ether oxygens (including phenoxy) is 1. The lowest BCUT2D eigenvalue weighted by atomic mass is 9.93. The Labute approximate surface area is 154 Å². The van der Waals surface area contributed by atoms with Crippen LogP contribution in [0.2, 0.25) is 0 Å². The van der Waals surface area contributed by atoms with E-state index in [1.165, 1.54) is 0 Å². The molecule has 2 aromatic rings. The molecule has 1 N–H and O–H groups in total. The molecule has 1 aliphatic heterocycles. The van der Waals surface area contributed by atoms with E-state index in [2.05, 4.69) is 5.10 Å². The summed E-state index contributed by atoms with van der Waals surface area (Å²) >= 11 is 0. The molecule has 1 atom stereocenters. The summed E-state index contributed by atoms with van der Waals surface area (Å²) in [6.07, 6.45) is 3.17. The summed E-state index contributed by atoms with van der Waals surface area (Å²) in [5.41, 5.74) is 0.483. The van der Waals surface area contributed by atoms with Crippen LogP contribution >= 0.6 is 0 Å². The molecule has 2 heterocycles. The van der Waals surface area contributed by atoms with E-state index < -0.39 is 5.60 Å². The Morgan fingerprint density at radius 1 is 1.38 bits per heavy atom. The fraction of sp³-hybridized carbons (Fsp3) is 0.500. The number of piperidine rings is 1. The van der Waals surface area contributed by atoms with Gasteiger partial charge in [0.05, 0.1) is 6.54 Å². The van der Waals surface area contributed by atoms with Gasteiger partial charge in [0, 0.05) is 18.8 Å². The summed E-state index contributed by atoms with van der Waals surface area (Å²) in [4.78, 5) is 14.4. The van der Waals surface area contributed by atoms with Crippen LogP contribution in [0, 0.1) is 6.92 Å². The molecule has 0 spiro atoms. The third kappa shape index (κ3) is 4.25. The number of β-amino-alcohol motifs (C(OH)–C–C–N with tert-alkyl or cyclic N) is 1. The molecular formula is C20H27N3O3. The molecule has 6 nitrogen and oxygen atoms in total. The molecule has 0 unspecified atom stereocenters. The zero-order valence-electron chi connectivity index (χ0n) is 15.7. The van der Waals surface area contributed by atoms with Crippen LogP contribution in [0.4, 0.5) is 0 Å². The van der Waals surface area contributed by atoms with E-state index in [4.69, 9.17) is 4.74 Å². The highest BCUT2D eigenvalue weighted by Crippen LogP contribution is 2.24. The molecule has 1 fully saturated rings. The number of aromatic nitrogens is 2. The first-order valence-electron chi connectivity index (χ1n) is 9.13. The standard InChI is InChI=1S/C20H27N3O3/c1-15(2)23-11-8-18(21-23)19(24)22-10-5-9-20(25,13-22)14-26-17-7-4-6-16(3)12-17/h4,6-8,11-12,15,25H,5,9-10,13-14H2,1-3H3/t20-/m1/s1. The van der Waals surface area contributed by atoms with Crippen molar-refractivity contribution in [2.75, 3.05) is 19.7 Å². The Balaban J connectivity index is 1.64. The van der Waals surface area contributed by atoms with Crippen LogP contribution < -0.4 is 4.74 Å². The van der Waals surface area contributed by atoms with Crippen molar-refractivity contribution >= 4 is 5.91 Å². The van der Waals surface area contributed by atoms with Gasteiger partial charge in [0.2, 0.25) is 0 Å². The highest BCUT2D eigenvalue weighted by atomic mass is 16.5. The first-order chi connectivity index (χ1) is 12.4. The van der Waals surface area contributed by atoms with Gasteiger partial charge >= 0.3 is 0 Å². The van der Waals surface area contributed by atoms with Crippen LogP contribution in [0.15, 0.2) is 36.5 Å². The van der Waals surface area contributed by atoms with Crippen LogP contribution in [0.5, 0.6) is 5.75 Å². The van der Waals surface area contributed by atoms with Gasteiger partial charge in [0.1, 0.15) is 23.7 Å². The number of hydrogen-bond acceptors (Lipinski definition) is 4. The van der Waals surface area contributed by atoms with Crippen LogP contribution in [-0.4, -0.2) is 51.0 Å². The second-order valence-corrected chi connectivity index (χ2v) is 7.43. The van der Waals surface area contributed by atoms with E-state index in [0.29, 0.717) is 18.7 Å². The van der Waals surface area contributed by atoms with Crippen LogP contribution in [0.3, 0.4) is 0 Å². The summed E-state index contributed by atoms with van der Waals surface area (Å²) in [5.74, 6) is 0.593. The first-order valence-corrected chi connectivity index (χ1v) is 9.13. The van der Waals surface area contributed by atoms with E-state index >= 15 is 0 Å². The van der Waals surface area contributed by atoms with Gasteiger partial charge in [-0.25, -0.2) is 0 Å². The molecule has 6 heteroatoms. The number of aliphatic hydroxyl groups is 1. The van der Waals surface area contributed by atoms with Gasteiger partial charge in [-0.3, -0.25) is 9.48 Å². The predicted octanol–water partition coefficient (Wildman–Crippen LogP) is 2.82. The lowest BCUT2D eigenvalue weighted by Crippen LogP contribution is -2.53. The molecule has 1 amide bonds. The molecule has 0 saturated carbocycles. The van der Waals surface area contributed by atoms with Crippen LogP contribution in [0.25, 0.3) is 0 Å². The van der Waals surface area contributed by atoms with E-state index in [1.807, 2.05) is 51.2 Å². The smallest absolute Gasteiger partial charge is 0.274 e. The first kappa shape index (κ1) is 18.5. The van der Waals surface area contributed by atoms with Crippen LogP contribution in [-0.2, 0) is 0 Å². The van der Waals surface area contributed by atoms with Crippen molar-refractivity contribution in [3.8, 4) is 5.75 Å². The summed E-state index contributed by atoms with van der Waals surface area (Å²) in [6.45, 7) is 7.08. The number of benzene rings is 1. The fourth-order valence-electron chi connectivity index (χ4n) is 3.23. The zero-order chi connectivity index (χ0) is 18.7. The van der Waals surface area contributed by atoms with Gasteiger partial charge in [-0.1, -0.05) is 12.1 Å². The highest BCUT2D eigenvalue weighted by molar-refractivity contribution is 5.92. The largest absolute Gasteiger partial charge is 0.491 e. The molecular weight excluding hydrogens is 330 g/mol. The number of carbonyl (C=O) groups is 1.